The summed E-state index contributed by atoms with van der Waals surface area (Å²) in [6, 6.07) is 5.36. The summed E-state index contributed by atoms with van der Waals surface area (Å²) in [4.78, 5) is 0. The lowest BCUT2D eigenvalue weighted by Crippen LogP contribution is -1.95. The molecule has 1 nitrogen and oxygen atoms in total. The highest BCUT2D eigenvalue weighted by molar-refractivity contribution is 9.10. The number of allylic oxidation sites excluding steroid dienone is 1. The Kier molecular flexibility index (Phi) is 4.17. The van der Waals surface area contributed by atoms with Crippen molar-refractivity contribution in [2.45, 2.75) is 20.0 Å². The minimum Gasteiger partial charge on any atom is -0.384 e. The monoisotopic (exact) mass is 274 g/mol. The molecule has 1 atom stereocenters. The van der Waals surface area contributed by atoms with Crippen LogP contribution in [0.15, 0.2) is 34.3 Å². The SMILES string of the molecule is CC(C)=CC(O)c1ccc(Cl)cc1Br. The smallest absolute Gasteiger partial charge is 0.0985 e. The zero-order valence-electron chi connectivity index (χ0n) is 8.09. The van der Waals surface area contributed by atoms with Crippen LogP contribution >= 0.6 is 27.5 Å². The molecule has 0 aliphatic heterocycles. The first-order chi connectivity index (χ1) is 6.50. The first-order valence-corrected chi connectivity index (χ1v) is 5.46. The Morgan fingerprint density at radius 1 is 1.50 bits per heavy atom. The molecule has 76 valence electrons. The fraction of sp³-hybridized carbons (Fsp3) is 0.273. The number of rotatable bonds is 2. The van der Waals surface area contributed by atoms with Crippen LogP contribution in [0.25, 0.3) is 0 Å². The first-order valence-electron chi connectivity index (χ1n) is 4.28. The van der Waals surface area contributed by atoms with E-state index in [0.717, 1.165) is 15.6 Å². The molecule has 1 rings (SSSR count). The lowest BCUT2D eigenvalue weighted by atomic mass is 10.1. The molecular formula is C11H12BrClO. The van der Waals surface area contributed by atoms with Crippen LogP contribution in [0.2, 0.25) is 5.02 Å². The summed E-state index contributed by atoms with van der Waals surface area (Å²) in [6.07, 6.45) is 1.22. The third-order valence-corrected chi connectivity index (χ3v) is 2.69. The van der Waals surface area contributed by atoms with Gasteiger partial charge in [0.1, 0.15) is 0 Å². The first kappa shape index (κ1) is 11.8. The second-order valence-electron chi connectivity index (χ2n) is 3.35. The highest BCUT2D eigenvalue weighted by Crippen LogP contribution is 2.27. The maximum Gasteiger partial charge on any atom is 0.0985 e. The quantitative estimate of drug-likeness (QED) is 0.806. The number of hydrogen-bond donors (Lipinski definition) is 1. The summed E-state index contributed by atoms with van der Waals surface area (Å²) in [5, 5.41) is 10.5. The minimum atomic E-state index is -0.577. The highest BCUT2D eigenvalue weighted by atomic mass is 79.9. The van der Waals surface area contributed by atoms with Crippen molar-refractivity contribution in [1.29, 1.82) is 0 Å². The molecule has 0 saturated heterocycles. The molecule has 0 radical (unpaired) electrons. The van der Waals surface area contributed by atoms with Gasteiger partial charge in [0.05, 0.1) is 6.10 Å². The second kappa shape index (κ2) is 4.96. The maximum atomic E-state index is 9.81. The van der Waals surface area contributed by atoms with E-state index in [1.807, 2.05) is 19.9 Å². The zero-order valence-corrected chi connectivity index (χ0v) is 10.4. The molecule has 1 N–H and O–H groups in total. The fourth-order valence-corrected chi connectivity index (χ4v) is 2.06. The molecule has 0 aromatic heterocycles. The standard InChI is InChI=1S/C11H12BrClO/c1-7(2)5-11(14)9-4-3-8(13)6-10(9)12/h3-6,11,14H,1-2H3. The van der Waals surface area contributed by atoms with E-state index >= 15 is 0 Å². The summed E-state index contributed by atoms with van der Waals surface area (Å²) >= 11 is 9.16. The Balaban J connectivity index is 3.02. The zero-order chi connectivity index (χ0) is 10.7. The van der Waals surface area contributed by atoms with Crippen molar-refractivity contribution in [3.63, 3.8) is 0 Å². The molecule has 0 heterocycles. The van der Waals surface area contributed by atoms with Gasteiger partial charge in [-0.2, -0.15) is 0 Å². The number of benzene rings is 1. The van der Waals surface area contributed by atoms with E-state index in [-0.39, 0.29) is 0 Å². The second-order valence-corrected chi connectivity index (χ2v) is 4.65. The molecule has 0 aliphatic rings. The number of hydrogen-bond acceptors (Lipinski definition) is 1. The van der Waals surface area contributed by atoms with Crippen LogP contribution in [-0.2, 0) is 0 Å². The summed E-state index contributed by atoms with van der Waals surface area (Å²) in [5.41, 5.74) is 1.91. The summed E-state index contributed by atoms with van der Waals surface area (Å²) < 4.78 is 0.829. The molecule has 1 aromatic carbocycles. The van der Waals surface area contributed by atoms with Gasteiger partial charge in [0.15, 0.2) is 0 Å². The topological polar surface area (TPSA) is 20.2 Å². The van der Waals surface area contributed by atoms with Gasteiger partial charge in [0, 0.05) is 9.50 Å². The molecule has 0 fully saturated rings. The molecule has 14 heavy (non-hydrogen) atoms. The van der Waals surface area contributed by atoms with Crippen molar-refractivity contribution >= 4 is 27.5 Å². The van der Waals surface area contributed by atoms with Gasteiger partial charge < -0.3 is 5.11 Å². The van der Waals surface area contributed by atoms with E-state index < -0.39 is 6.10 Å². The summed E-state index contributed by atoms with van der Waals surface area (Å²) in [5.74, 6) is 0. The molecule has 0 aliphatic carbocycles. The lowest BCUT2D eigenvalue weighted by molar-refractivity contribution is 0.227. The normalized spacial score (nSPS) is 12.4. The van der Waals surface area contributed by atoms with E-state index in [2.05, 4.69) is 15.9 Å². The van der Waals surface area contributed by atoms with Crippen LogP contribution < -0.4 is 0 Å². The Bertz CT molecular complexity index is 356. The highest BCUT2D eigenvalue weighted by Gasteiger charge is 2.08. The molecule has 3 heteroatoms. The van der Waals surface area contributed by atoms with Crippen LogP contribution in [0, 0.1) is 0 Å². The largest absolute Gasteiger partial charge is 0.384 e. The van der Waals surface area contributed by atoms with Crippen molar-refractivity contribution in [3.8, 4) is 0 Å². The van der Waals surface area contributed by atoms with Gasteiger partial charge in [-0.1, -0.05) is 45.2 Å². The van der Waals surface area contributed by atoms with E-state index in [1.165, 1.54) is 0 Å². The predicted molar refractivity (Wildman–Crippen MR) is 63.5 cm³/mol. The predicted octanol–water partition coefficient (Wildman–Crippen LogP) is 4.10. The van der Waals surface area contributed by atoms with Crippen LogP contribution in [0.1, 0.15) is 25.5 Å². The van der Waals surface area contributed by atoms with E-state index in [1.54, 1.807) is 18.2 Å². The van der Waals surface area contributed by atoms with Crippen LogP contribution in [0.3, 0.4) is 0 Å². The Labute approximate surface area is 97.5 Å². The van der Waals surface area contributed by atoms with Crippen molar-refractivity contribution in [1.82, 2.24) is 0 Å². The average Bonchev–Trinajstić information content (AvgIpc) is 2.01. The van der Waals surface area contributed by atoms with Gasteiger partial charge in [0.25, 0.3) is 0 Å². The Hall–Kier alpha value is -0.310. The van der Waals surface area contributed by atoms with Crippen molar-refractivity contribution in [2.24, 2.45) is 0 Å². The average molecular weight is 276 g/mol. The lowest BCUT2D eigenvalue weighted by Gasteiger charge is -2.09. The fourth-order valence-electron chi connectivity index (χ4n) is 1.15. The number of halogens is 2. The Morgan fingerprint density at radius 2 is 2.14 bits per heavy atom. The van der Waals surface area contributed by atoms with Gasteiger partial charge in [0.2, 0.25) is 0 Å². The van der Waals surface area contributed by atoms with Gasteiger partial charge in [-0.3, -0.25) is 0 Å². The third kappa shape index (κ3) is 3.12. The van der Waals surface area contributed by atoms with Crippen molar-refractivity contribution < 1.29 is 5.11 Å². The van der Waals surface area contributed by atoms with Crippen LogP contribution in [-0.4, -0.2) is 5.11 Å². The minimum absolute atomic E-state index is 0.577. The van der Waals surface area contributed by atoms with Crippen molar-refractivity contribution in [2.75, 3.05) is 0 Å². The van der Waals surface area contributed by atoms with Crippen LogP contribution in [0.4, 0.5) is 0 Å². The maximum absolute atomic E-state index is 9.81. The van der Waals surface area contributed by atoms with Gasteiger partial charge >= 0.3 is 0 Å². The van der Waals surface area contributed by atoms with E-state index in [0.29, 0.717) is 5.02 Å². The summed E-state index contributed by atoms with van der Waals surface area (Å²) in [7, 11) is 0. The molecule has 0 saturated carbocycles. The Morgan fingerprint density at radius 3 is 2.64 bits per heavy atom. The van der Waals surface area contributed by atoms with Gasteiger partial charge in [-0.15, -0.1) is 0 Å². The number of aliphatic hydroxyl groups excluding tert-OH is 1. The molecule has 1 unspecified atom stereocenters. The molecule has 0 amide bonds. The van der Waals surface area contributed by atoms with Crippen LogP contribution in [0.5, 0.6) is 0 Å². The summed E-state index contributed by atoms with van der Waals surface area (Å²) in [6.45, 7) is 3.90. The molecule has 0 spiro atoms. The number of aliphatic hydroxyl groups is 1. The molecule has 1 aromatic rings. The van der Waals surface area contributed by atoms with Crippen molar-refractivity contribution in [3.05, 3.63) is 44.9 Å². The van der Waals surface area contributed by atoms with E-state index in [9.17, 15) is 5.11 Å². The third-order valence-electron chi connectivity index (χ3n) is 1.77. The van der Waals surface area contributed by atoms with E-state index in [4.69, 9.17) is 11.6 Å². The molecular weight excluding hydrogens is 263 g/mol. The van der Waals surface area contributed by atoms with Gasteiger partial charge in [-0.25, -0.2) is 0 Å². The molecule has 0 bridgehead atoms. The van der Waals surface area contributed by atoms with Gasteiger partial charge in [-0.05, 0) is 31.5 Å².